The van der Waals surface area contributed by atoms with E-state index in [1.165, 1.54) is 17.7 Å². The fraction of sp³-hybridized carbons (Fsp3) is 0.647. The van der Waals surface area contributed by atoms with Crippen LogP contribution in [-0.4, -0.2) is 34.7 Å². The van der Waals surface area contributed by atoms with Gasteiger partial charge in [-0.1, -0.05) is 13.3 Å². The molecule has 0 saturated carbocycles. The number of amides is 1. The number of carbonyl (C=O) groups is 1. The molecule has 6 heteroatoms. The minimum atomic E-state index is -0.449. The van der Waals surface area contributed by atoms with E-state index in [0.29, 0.717) is 6.54 Å². The zero-order chi connectivity index (χ0) is 17.1. The highest BCUT2D eigenvalue weighted by Gasteiger charge is 2.15. The number of ether oxygens (including phenoxy) is 1. The number of hydrogen-bond donors (Lipinski definition) is 1. The van der Waals surface area contributed by atoms with E-state index in [2.05, 4.69) is 23.3 Å². The number of rotatable bonds is 9. The molecule has 1 rings (SSSR count). The van der Waals surface area contributed by atoms with Crippen molar-refractivity contribution in [2.24, 2.45) is 0 Å². The molecular formula is C17H28N2O2S2. The fourth-order valence-electron chi connectivity index (χ4n) is 1.70. The maximum absolute atomic E-state index is 11.5. The maximum Gasteiger partial charge on any atom is 0.407 e. The lowest BCUT2D eigenvalue weighted by molar-refractivity contribution is 0.0531. The first-order valence-corrected chi connectivity index (χ1v) is 10.2. The van der Waals surface area contributed by atoms with Crippen LogP contribution in [0.5, 0.6) is 0 Å². The zero-order valence-corrected chi connectivity index (χ0v) is 16.2. The molecule has 0 unspecified atom stereocenters. The second-order valence-corrected chi connectivity index (χ2v) is 8.37. The van der Waals surface area contributed by atoms with Gasteiger partial charge in [0.15, 0.2) is 0 Å². The van der Waals surface area contributed by atoms with E-state index in [9.17, 15) is 4.79 Å². The van der Waals surface area contributed by atoms with Gasteiger partial charge >= 0.3 is 6.09 Å². The number of carbonyl (C=O) groups excluding carboxylic acids is 1. The highest BCUT2D eigenvalue weighted by molar-refractivity contribution is 7.99. The summed E-state index contributed by atoms with van der Waals surface area (Å²) in [7, 11) is 0. The quantitative estimate of drug-likeness (QED) is 0.512. The zero-order valence-electron chi connectivity index (χ0n) is 14.6. The summed E-state index contributed by atoms with van der Waals surface area (Å²) >= 11 is 3.65. The number of unbranched alkanes of at least 4 members (excludes halogenated alkanes) is 1. The SMILES string of the molecule is CCCCSc1cccnc1CSCCNC(=O)OC(C)(C)C. The van der Waals surface area contributed by atoms with Gasteiger partial charge in [-0.15, -0.1) is 11.8 Å². The highest BCUT2D eigenvalue weighted by Crippen LogP contribution is 2.25. The van der Waals surface area contributed by atoms with E-state index in [1.54, 1.807) is 11.8 Å². The Balaban J connectivity index is 2.26. The van der Waals surface area contributed by atoms with Gasteiger partial charge in [0, 0.05) is 29.1 Å². The average Bonchev–Trinajstić information content (AvgIpc) is 2.47. The van der Waals surface area contributed by atoms with Crippen molar-refractivity contribution in [3.8, 4) is 0 Å². The van der Waals surface area contributed by atoms with Crippen molar-refractivity contribution in [1.82, 2.24) is 10.3 Å². The molecule has 0 aromatic carbocycles. The van der Waals surface area contributed by atoms with Crippen LogP contribution in [-0.2, 0) is 10.5 Å². The molecule has 23 heavy (non-hydrogen) atoms. The minimum absolute atomic E-state index is 0.355. The lowest BCUT2D eigenvalue weighted by Crippen LogP contribution is -2.33. The Bertz CT molecular complexity index is 476. The summed E-state index contributed by atoms with van der Waals surface area (Å²) in [5.74, 6) is 2.85. The van der Waals surface area contributed by atoms with Crippen LogP contribution in [0.4, 0.5) is 4.79 Å². The van der Waals surface area contributed by atoms with Crippen LogP contribution in [0.3, 0.4) is 0 Å². The topological polar surface area (TPSA) is 51.2 Å². The second kappa shape index (κ2) is 10.8. The second-order valence-electron chi connectivity index (χ2n) is 6.13. The van der Waals surface area contributed by atoms with Gasteiger partial charge in [0.05, 0.1) is 5.69 Å². The number of aromatic nitrogens is 1. The van der Waals surface area contributed by atoms with Gasteiger partial charge < -0.3 is 10.1 Å². The summed E-state index contributed by atoms with van der Waals surface area (Å²) in [5, 5.41) is 2.77. The third kappa shape index (κ3) is 9.76. The van der Waals surface area contributed by atoms with E-state index >= 15 is 0 Å². The molecule has 0 saturated heterocycles. The smallest absolute Gasteiger partial charge is 0.407 e. The lowest BCUT2D eigenvalue weighted by atomic mass is 10.2. The third-order valence-electron chi connectivity index (χ3n) is 2.76. The lowest BCUT2D eigenvalue weighted by Gasteiger charge is -2.19. The molecule has 0 atom stereocenters. The molecule has 1 N–H and O–H groups in total. The summed E-state index contributed by atoms with van der Waals surface area (Å²) < 4.78 is 5.20. The summed E-state index contributed by atoms with van der Waals surface area (Å²) in [6.45, 7) is 8.39. The number of alkyl carbamates (subject to hydrolysis) is 1. The van der Waals surface area contributed by atoms with Gasteiger partial charge in [0.25, 0.3) is 0 Å². The van der Waals surface area contributed by atoms with E-state index in [1.807, 2.05) is 44.8 Å². The van der Waals surface area contributed by atoms with Gasteiger partial charge in [0.2, 0.25) is 0 Å². The molecule has 0 bridgehead atoms. The monoisotopic (exact) mass is 356 g/mol. The summed E-state index contributed by atoms with van der Waals surface area (Å²) in [4.78, 5) is 17.3. The molecule has 4 nitrogen and oxygen atoms in total. The Labute approximate surface area is 148 Å². The first-order valence-electron chi connectivity index (χ1n) is 8.03. The Hall–Kier alpha value is -0.880. The molecule has 0 radical (unpaired) electrons. The number of nitrogens with zero attached hydrogens (tertiary/aromatic N) is 1. The van der Waals surface area contributed by atoms with Gasteiger partial charge in [-0.05, 0) is 45.1 Å². The van der Waals surface area contributed by atoms with Crippen LogP contribution in [0.1, 0.15) is 46.2 Å². The molecule has 1 aromatic rings. The largest absolute Gasteiger partial charge is 0.444 e. The third-order valence-corrected chi connectivity index (χ3v) is 4.90. The predicted molar refractivity (Wildman–Crippen MR) is 100 cm³/mol. The van der Waals surface area contributed by atoms with Crippen LogP contribution in [0, 0.1) is 0 Å². The van der Waals surface area contributed by atoms with Crippen molar-refractivity contribution >= 4 is 29.6 Å². The number of thioether (sulfide) groups is 2. The Kier molecular flexibility index (Phi) is 9.48. The number of pyridine rings is 1. The molecule has 130 valence electrons. The molecule has 0 aliphatic carbocycles. The van der Waals surface area contributed by atoms with Crippen molar-refractivity contribution in [2.45, 2.75) is 56.8 Å². The molecule has 1 aromatic heterocycles. The number of nitrogens with one attached hydrogen (secondary N) is 1. The number of hydrogen-bond acceptors (Lipinski definition) is 5. The van der Waals surface area contributed by atoms with Crippen molar-refractivity contribution in [1.29, 1.82) is 0 Å². The van der Waals surface area contributed by atoms with Crippen LogP contribution >= 0.6 is 23.5 Å². The van der Waals surface area contributed by atoms with Crippen molar-refractivity contribution in [3.05, 3.63) is 24.0 Å². The van der Waals surface area contributed by atoms with Crippen LogP contribution in [0.15, 0.2) is 23.2 Å². The highest BCUT2D eigenvalue weighted by atomic mass is 32.2. The van der Waals surface area contributed by atoms with Crippen LogP contribution in [0.25, 0.3) is 0 Å². The van der Waals surface area contributed by atoms with Gasteiger partial charge in [-0.3, -0.25) is 4.98 Å². The Morgan fingerprint density at radius 2 is 2.13 bits per heavy atom. The molecule has 0 spiro atoms. The van der Waals surface area contributed by atoms with Gasteiger partial charge in [0.1, 0.15) is 5.60 Å². The Morgan fingerprint density at radius 3 is 2.83 bits per heavy atom. The maximum atomic E-state index is 11.5. The molecule has 0 fully saturated rings. The molecule has 1 heterocycles. The normalized spacial score (nSPS) is 11.3. The van der Waals surface area contributed by atoms with Gasteiger partial charge in [-0.2, -0.15) is 11.8 Å². The van der Waals surface area contributed by atoms with Gasteiger partial charge in [-0.25, -0.2) is 4.79 Å². The van der Waals surface area contributed by atoms with E-state index in [-0.39, 0.29) is 6.09 Å². The van der Waals surface area contributed by atoms with Crippen LogP contribution in [0.2, 0.25) is 0 Å². The van der Waals surface area contributed by atoms with Crippen LogP contribution < -0.4 is 5.32 Å². The van der Waals surface area contributed by atoms with Crippen molar-refractivity contribution < 1.29 is 9.53 Å². The van der Waals surface area contributed by atoms with E-state index < -0.39 is 5.60 Å². The van der Waals surface area contributed by atoms with E-state index in [0.717, 1.165) is 23.0 Å². The average molecular weight is 357 g/mol. The van der Waals surface area contributed by atoms with E-state index in [4.69, 9.17) is 4.74 Å². The summed E-state index contributed by atoms with van der Waals surface area (Å²) in [5.41, 5.74) is 0.686. The summed E-state index contributed by atoms with van der Waals surface area (Å²) in [6.07, 6.45) is 3.94. The minimum Gasteiger partial charge on any atom is -0.444 e. The summed E-state index contributed by atoms with van der Waals surface area (Å²) in [6, 6.07) is 4.13. The predicted octanol–water partition coefficient (Wildman–Crippen LogP) is 4.73. The molecular weight excluding hydrogens is 328 g/mol. The van der Waals surface area contributed by atoms with Crippen molar-refractivity contribution in [2.75, 3.05) is 18.1 Å². The first-order chi connectivity index (χ1) is 10.9. The van der Waals surface area contributed by atoms with Crippen molar-refractivity contribution in [3.63, 3.8) is 0 Å². The Morgan fingerprint density at radius 1 is 1.35 bits per heavy atom. The first kappa shape index (κ1) is 20.2. The molecule has 0 aliphatic rings. The fourth-order valence-corrected chi connectivity index (χ4v) is 3.72. The standard InChI is InChI=1S/C17H28N2O2S2/c1-5-6-11-23-15-8-7-9-18-14(15)13-22-12-10-19-16(20)21-17(2,3)4/h7-9H,5-6,10-13H2,1-4H3,(H,19,20). The molecule has 1 amide bonds. The molecule has 0 aliphatic heterocycles.